The third-order valence-corrected chi connectivity index (χ3v) is 2.96. The van der Waals surface area contributed by atoms with Crippen molar-refractivity contribution in [3.8, 4) is 0 Å². The van der Waals surface area contributed by atoms with Gasteiger partial charge in [0.25, 0.3) is 0 Å². The lowest BCUT2D eigenvalue weighted by molar-refractivity contribution is -0.142. The van der Waals surface area contributed by atoms with Crippen LogP contribution in [-0.2, 0) is 9.53 Å². The van der Waals surface area contributed by atoms with E-state index in [1.165, 1.54) is 13.3 Å². The van der Waals surface area contributed by atoms with Crippen molar-refractivity contribution in [3.05, 3.63) is 23.9 Å². The van der Waals surface area contributed by atoms with E-state index in [4.69, 9.17) is 4.74 Å². The molecule has 0 bridgehead atoms. The number of carbonyl (C=O) groups is 2. The first-order valence-corrected chi connectivity index (χ1v) is 5.90. The summed E-state index contributed by atoms with van der Waals surface area (Å²) in [5, 5.41) is 9.31. The second-order valence-electron chi connectivity index (χ2n) is 4.47. The Bertz CT molecular complexity index is 485. The molecule has 0 atom stereocenters. The van der Waals surface area contributed by atoms with Crippen LogP contribution >= 0.6 is 0 Å². The fourth-order valence-electron chi connectivity index (χ4n) is 1.81. The van der Waals surface area contributed by atoms with Crippen molar-refractivity contribution in [1.82, 2.24) is 4.98 Å². The van der Waals surface area contributed by atoms with Crippen molar-refractivity contribution in [2.45, 2.75) is 26.3 Å². The van der Waals surface area contributed by atoms with Gasteiger partial charge < -0.3 is 14.7 Å². The molecule has 6 heteroatoms. The molecule has 0 aliphatic carbocycles. The van der Waals surface area contributed by atoms with E-state index in [1.54, 1.807) is 37.8 Å². The molecule has 0 aliphatic heterocycles. The highest BCUT2D eigenvalue weighted by atomic mass is 16.5. The molecule has 0 radical (unpaired) electrons. The Morgan fingerprint density at radius 2 is 2.11 bits per heavy atom. The zero-order valence-electron chi connectivity index (χ0n) is 11.5. The SMILES string of the molecule is CCN(c1ncccc1C(=O)OC)C(C)(C)C(=O)O. The number of carbonyl (C=O) groups excluding carboxylic acids is 1. The molecule has 6 nitrogen and oxygen atoms in total. The van der Waals surface area contributed by atoms with E-state index in [9.17, 15) is 14.7 Å². The Hall–Kier alpha value is -2.11. The standard InChI is InChI=1S/C13H18N2O4/c1-5-15(13(2,3)12(17)18)10-9(11(16)19-4)7-6-8-14-10/h6-8H,5H2,1-4H3,(H,17,18). The van der Waals surface area contributed by atoms with E-state index in [-0.39, 0.29) is 5.56 Å². The monoisotopic (exact) mass is 266 g/mol. The van der Waals surface area contributed by atoms with Gasteiger partial charge in [0.15, 0.2) is 0 Å². The van der Waals surface area contributed by atoms with Crippen LogP contribution < -0.4 is 4.90 Å². The fraction of sp³-hybridized carbons (Fsp3) is 0.462. The molecule has 104 valence electrons. The number of carboxylic acids is 1. The first-order valence-electron chi connectivity index (χ1n) is 5.90. The number of esters is 1. The van der Waals surface area contributed by atoms with Crippen LogP contribution in [0.5, 0.6) is 0 Å². The number of carboxylic acid groups (broad SMARTS) is 1. The summed E-state index contributed by atoms with van der Waals surface area (Å²) in [6.45, 7) is 5.34. The second-order valence-corrected chi connectivity index (χ2v) is 4.47. The fourth-order valence-corrected chi connectivity index (χ4v) is 1.81. The summed E-state index contributed by atoms with van der Waals surface area (Å²) in [5.41, 5.74) is -0.924. The molecule has 1 aromatic rings. The number of hydrogen-bond acceptors (Lipinski definition) is 5. The molecule has 0 amide bonds. The van der Waals surface area contributed by atoms with Crippen molar-refractivity contribution in [3.63, 3.8) is 0 Å². The number of ether oxygens (including phenoxy) is 1. The topological polar surface area (TPSA) is 79.7 Å². The van der Waals surface area contributed by atoms with Gasteiger partial charge in [-0.1, -0.05) is 0 Å². The van der Waals surface area contributed by atoms with Crippen LogP contribution in [-0.4, -0.2) is 41.2 Å². The van der Waals surface area contributed by atoms with Crippen molar-refractivity contribution in [2.75, 3.05) is 18.6 Å². The Labute approximate surface area is 112 Å². The average molecular weight is 266 g/mol. The molecule has 0 fully saturated rings. The lowest BCUT2D eigenvalue weighted by atomic mass is 10.0. The summed E-state index contributed by atoms with van der Waals surface area (Å²) >= 11 is 0. The van der Waals surface area contributed by atoms with Crippen LogP contribution in [0.25, 0.3) is 0 Å². The molecule has 1 rings (SSSR count). The highest BCUT2D eigenvalue weighted by Crippen LogP contribution is 2.26. The first-order chi connectivity index (χ1) is 8.86. The molecular weight excluding hydrogens is 248 g/mol. The number of aromatic nitrogens is 1. The van der Waals surface area contributed by atoms with E-state index >= 15 is 0 Å². The molecule has 0 unspecified atom stereocenters. The lowest BCUT2D eigenvalue weighted by Crippen LogP contribution is -2.51. The average Bonchev–Trinajstić information content (AvgIpc) is 2.38. The quantitative estimate of drug-likeness (QED) is 0.815. The smallest absolute Gasteiger partial charge is 0.341 e. The minimum atomic E-state index is -1.17. The van der Waals surface area contributed by atoms with Gasteiger partial charge in [0.05, 0.1) is 7.11 Å². The van der Waals surface area contributed by atoms with Gasteiger partial charge in [0.1, 0.15) is 16.9 Å². The van der Waals surface area contributed by atoms with E-state index in [0.29, 0.717) is 12.4 Å². The normalized spacial score (nSPS) is 10.9. The predicted octanol–water partition coefficient (Wildman–Crippen LogP) is 1.56. The number of hydrogen-bond donors (Lipinski definition) is 1. The maximum Gasteiger partial charge on any atom is 0.341 e. The largest absolute Gasteiger partial charge is 0.480 e. The summed E-state index contributed by atoms with van der Waals surface area (Å²) in [5.74, 6) is -1.22. The molecule has 0 saturated carbocycles. The van der Waals surface area contributed by atoms with Gasteiger partial charge in [-0.15, -0.1) is 0 Å². The molecule has 19 heavy (non-hydrogen) atoms. The zero-order chi connectivity index (χ0) is 14.6. The summed E-state index contributed by atoms with van der Waals surface area (Å²) in [6.07, 6.45) is 1.52. The molecule has 1 N–H and O–H groups in total. The third kappa shape index (κ3) is 2.83. The lowest BCUT2D eigenvalue weighted by Gasteiger charge is -2.35. The number of pyridine rings is 1. The van der Waals surface area contributed by atoms with Gasteiger partial charge in [-0.05, 0) is 32.9 Å². The minimum absolute atomic E-state index is 0.251. The summed E-state index contributed by atoms with van der Waals surface area (Å²) in [7, 11) is 1.28. The van der Waals surface area contributed by atoms with Gasteiger partial charge in [0, 0.05) is 12.7 Å². The summed E-state index contributed by atoms with van der Waals surface area (Å²) in [4.78, 5) is 28.8. The van der Waals surface area contributed by atoms with Crippen molar-refractivity contribution in [1.29, 1.82) is 0 Å². The van der Waals surface area contributed by atoms with E-state index in [2.05, 4.69) is 4.98 Å². The summed E-state index contributed by atoms with van der Waals surface area (Å²) in [6, 6.07) is 3.17. The maximum absolute atomic E-state index is 11.7. The minimum Gasteiger partial charge on any atom is -0.480 e. The number of likely N-dealkylation sites (N-methyl/N-ethyl adjacent to an activating group) is 1. The third-order valence-electron chi connectivity index (χ3n) is 2.96. The van der Waals surface area contributed by atoms with Crippen molar-refractivity contribution >= 4 is 17.8 Å². The van der Waals surface area contributed by atoms with Crippen LogP contribution in [0.1, 0.15) is 31.1 Å². The van der Waals surface area contributed by atoms with Crippen LogP contribution in [0.4, 0.5) is 5.82 Å². The van der Waals surface area contributed by atoms with E-state index in [1.807, 2.05) is 0 Å². The number of methoxy groups -OCH3 is 1. The molecule has 0 saturated heterocycles. The van der Waals surface area contributed by atoms with Gasteiger partial charge in [-0.25, -0.2) is 14.6 Å². The van der Waals surface area contributed by atoms with Crippen LogP contribution in [0.15, 0.2) is 18.3 Å². The van der Waals surface area contributed by atoms with Gasteiger partial charge in [-0.3, -0.25) is 0 Å². The summed E-state index contributed by atoms with van der Waals surface area (Å²) < 4.78 is 4.69. The highest BCUT2D eigenvalue weighted by Gasteiger charge is 2.36. The van der Waals surface area contributed by atoms with Gasteiger partial charge in [-0.2, -0.15) is 0 Å². The van der Waals surface area contributed by atoms with Gasteiger partial charge in [0.2, 0.25) is 0 Å². The Kier molecular flexibility index (Phi) is 4.47. The highest BCUT2D eigenvalue weighted by molar-refractivity contribution is 5.96. The number of rotatable bonds is 5. The first kappa shape index (κ1) is 14.9. The van der Waals surface area contributed by atoms with Gasteiger partial charge >= 0.3 is 11.9 Å². The Balaban J connectivity index is 3.34. The number of aliphatic carboxylic acids is 1. The van der Waals surface area contributed by atoms with Crippen molar-refractivity contribution < 1.29 is 19.4 Å². The predicted molar refractivity (Wildman–Crippen MR) is 70.3 cm³/mol. The maximum atomic E-state index is 11.7. The Morgan fingerprint density at radius 1 is 1.47 bits per heavy atom. The molecule has 0 aromatic carbocycles. The van der Waals surface area contributed by atoms with E-state index < -0.39 is 17.5 Å². The van der Waals surface area contributed by atoms with Crippen molar-refractivity contribution in [2.24, 2.45) is 0 Å². The number of nitrogens with zero attached hydrogens (tertiary/aromatic N) is 2. The Morgan fingerprint density at radius 3 is 2.58 bits per heavy atom. The van der Waals surface area contributed by atoms with Crippen LogP contribution in [0.2, 0.25) is 0 Å². The molecule has 1 aromatic heterocycles. The van der Waals surface area contributed by atoms with E-state index in [0.717, 1.165) is 0 Å². The molecule has 1 heterocycles. The van der Waals surface area contributed by atoms with Crippen LogP contribution in [0.3, 0.4) is 0 Å². The molecular formula is C13H18N2O4. The molecule has 0 spiro atoms. The number of anilines is 1. The van der Waals surface area contributed by atoms with Crippen LogP contribution in [0, 0.1) is 0 Å². The second kappa shape index (κ2) is 5.69. The molecule has 0 aliphatic rings. The zero-order valence-corrected chi connectivity index (χ0v) is 11.5.